The summed E-state index contributed by atoms with van der Waals surface area (Å²) in [5.41, 5.74) is 5.46. The first kappa shape index (κ1) is 29.0. The van der Waals surface area contributed by atoms with Gasteiger partial charge in [-0.05, 0) is 93.1 Å². The van der Waals surface area contributed by atoms with Gasteiger partial charge in [-0.15, -0.1) is 0 Å². The van der Waals surface area contributed by atoms with Gasteiger partial charge in [-0.2, -0.15) is 5.10 Å². The first-order chi connectivity index (χ1) is 19.7. The van der Waals surface area contributed by atoms with Crippen LogP contribution in [0.1, 0.15) is 68.2 Å². The SMILES string of the molecule is CC1C=C(CN2CCCCC2)C=C(c2ccc3[nH]nc(C(=O)Nc4ccc(CS(=O)(=O)C(C)C)nc4)c3c2)C=CC1. The van der Waals surface area contributed by atoms with Crippen LogP contribution in [0.25, 0.3) is 16.5 Å². The van der Waals surface area contributed by atoms with Crippen molar-refractivity contribution in [2.24, 2.45) is 5.92 Å². The number of nitrogens with one attached hydrogen (secondary N) is 2. The van der Waals surface area contributed by atoms with Crippen molar-refractivity contribution in [2.45, 2.75) is 57.5 Å². The lowest BCUT2D eigenvalue weighted by molar-refractivity contribution is 0.102. The molecule has 3 heterocycles. The number of hydrogen-bond donors (Lipinski definition) is 2. The Morgan fingerprint density at radius 2 is 1.95 bits per heavy atom. The van der Waals surface area contributed by atoms with Gasteiger partial charge in [-0.1, -0.05) is 43.7 Å². The molecule has 8 nitrogen and oxygen atoms in total. The van der Waals surface area contributed by atoms with Gasteiger partial charge in [0.1, 0.15) is 0 Å². The first-order valence-electron chi connectivity index (χ1n) is 14.5. The van der Waals surface area contributed by atoms with E-state index in [1.807, 2.05) is 12.1 Å². The number of benzene rings is 1. The number of aromatic nitrogens is 3. The summed E-state index contributed by atoms with van der Waals surface area (Å²) >= 11 is 0. The zero-order valence-corrected chi connectivity index (χ0v) is 24.9. The van der Waals surface area contributed by atoms with Crippen molar-refractivity contribution in [3.63, 3.8) is 0 Å². The van der Waals surface area contributed by atoms with Crippen LogP contribution in [0.15, 0.2) is 66.4 Å². The molecular weight excluding hydrogens is 534 g/mol. The van der Waals surface area contributed by atoms with Gasteiger partial charge in [0.2, 0.25) is 0 Å². The number of pyridine rings is 1. The molecule has 2 N–H and O–H groups in total. The number of H-pyrrole nitrogens is 1. The largest absolute Gasteiger partial charge is 0.319 e. The Labute approximate surface area is 242 Å². The van der Waals surface area contributed by atoms with Gasteiger partial charge >= 0.3 is 0 Å². The summed E-state index contributed by atoms with van der Waals surface area (Å²) in [6.45, 7) is 8.83. The van der Waals surface area contributed by atoms with Gasteiger partial charge in [0.05, 0.1) is 34.1 Å². The van der Waals surface area contributed by atoms with E-state index in [-0.39, 0.29) is 11.7 Å². The molecule has 1 fully saturated rings. The van der Waals surface area contributed by atoms with Gasteiger partial charge in [0, 0.05) is 11.9 Å². The maximum atomic E-state index is 13.2. The number of allylic oxidation sites excluding steroid dienone is 4. The van der Waals surface area contributed by atoms with E-state index in [1.165, 1.54) is 31.0 Å². The van der Waals surface area contributed by atoms with Crippen LogP contribution in [0.2, 0.25) is 0 Å². The molecular formula is C32H39N5O3S. The number of aromatic amines is 1. The number of anilines is 1. The summed E-state index contributed by atoms with van der Waals surface area (Å²) in [5.74, 6) is -0.0119. The molecule has 1 aliphatic carbocycles. The molecule has 1 amide bonds. The smallest absolute Gasteiger partial charge is 0.276 e. The van der Waals surface area contributed by atoms with E-state index in [0.717, 1.165) is 48.1 Å². The fourth-order valence-corrected chi connectivity index (χ4v) is 6.22. The summed E-state index contributed by atoms with van der Waals surface area (Å²) < 4.78 is 24.4. The minimum Gasteiger partial charge on any atom is -0.319 e. The summed E-state index contributed by atoms with van der Waals surface area (Å²) in [6.07, 6.45) is 15.4. The number of carbonyl (C=O) groups is 1. The predicted molar refractivity (Wildman–Crippen MR) is 165 cm³/mol. The maximum absolute atomic E-state index is 13.2. The summed E-state index contributed by atoms with van der Waals surface area (Å²) in [6, 6.07) is 9.34. The van der Waals surface area contributed by atoms with Crippen molar-refractivity contribution >= 4 is 37.9 Å². The molecule has 0 saturated carbocycles. The number of rotatable bonds is 8. The highest BCUT2D eigenvalue weighted by Crippen LogP contribution is 2.28. The molecule has 0 spiro atoms. The lowest BCUT2D eigenvalue weighted by atomic mass is 9.94. The minimum atomic E-state index is -3.26. The van der Waals surface area contributed by atoms with Gasteiger partial charge in [-0.3, -0.25) is 19.8 Å². The highest BCUT2D eigenvalue weighted by Gasteiger charge is 2.19. The average molecular weight is 574 g/mol. The molecule has 0 bridgehead atoms. The molecule has 1 saturated heterocycles. The van der Waals surface area contributed by atoms with E-state index in [0.29, 0.717) is 23.0 Å². The van der Waals surface area contributed by atoms with Gasteiger partial charge in [-0.25, -0.2) is 8.42 Å². The third-order valence-corrected chi connectivity index (χ3v) is 9.90. The fourth-order valence-electron chi connectivity index (χ4n) is 5.31. The number of carbonyl (C=O) groups excluding carboxylic acids is 1. The Morgan fingerprint density at radius 1 is 1.15 bits per heavy atom. The Bertz CT molecular complexity index is 1590. The molecule has 41 heavy (non-hydrogen) atoms. The van der Waals surface area contributed by atoms with Gasteiger partial charge in [0.25, 0.3) is 5.91 Å². The standard InChI is InChI=1S/C32H39N5O3S/c1-22(2)41(39,40)21-28-12-11-27(19-33-28)34-32(38)31-29-18-26(10-13-30(29)35-36-31)25-9-7-8-23(3)16-24(17-25)20-37-14-5-4-6-15-37/h7,9-13,16-19,22-23H,4-6,8,14-15,20-21H2,1-3H3,(H,34,38)(H,35,36). The lowest BCUT2D eigenvalue weighted by Crippen LogP contribution is -2.31. The first-order valence-corrected chi connectivity index (χ1v) is 16.2. The highest BCUT2D eigenvalue weighted by atomic mass is 32.2. The van der Waals surface area contributed by atoms with Crippen LogP contribution < -0.4 is 5.32 Å². The molecule has 216 valence electrons. The molecule has 3 aromatic rings. The zero-order chi connectivity index (χ0) is 29.0. The minimum absolute atomic E-state index is 0.135. The van der Waals surface area contributed by atoms with E-state index >= 15 is 0 Å². The van der Waals surface area contributed by atoms with Crippen molar-refractivity contribution in [1.82, 2.24) is 20.1 Å². The maximum Gasteiger partial charge on any atom is 0.276 e. The third-order valence-electron chi connectivity index (χ3n) is 7.76. The van der Waals surface area contributed by atoms with Crippen LogP contribution >= 0.6 is 0 Å². The lowest BCUT2D eigenvalue weighted by Gasteiger charge is -2.27. The van der Waals surface area contributed by atoms with Crippen molar-refractivity contribution < 1.29 is 13.2 Å². The molecule has 1 unspecified atom stereocenters. The van der Waals surface area contributed by atoms with E-state index in [1.54, 1.807) is 26.0 Å². The average Bonchev–Trinajstić information content (AvgIpc) is 3.36. The second-order valence-corrected chi connectivity index (χ2v) is 14.0. The number of likely N-dealkylation sites (tertiary alicyclic amines) is 1. The van der Waals surface area contributed by atoms with E-state index < -0.39 is 15.1 Å². The van der Waals surface area contributed by atoms with Crippen molar-refractivity contribution in [1.29, 1.82) is 0 Å². The van der Waals surface area contributed by atoms with Crippen molar-refractivity contribution in [2.75, 3.05) is 25.0 Å². The molecule has 0 radical (unpaired) electrons. The Hall–Kier alpha value is -3.56. The Morgan fingerprint density at radius 3 is 2.68 bits per heavy atom. The van der Waals surface area contributed by atoms with E-state index in [9.17, 15) is 13.2 Å². The second kappa shape index (κ2) is 12.5. The summed E-state index contributed by atoms with van der Waals surface area (Å²) in [7, 11) is -3.26. The molecule has 1 aliphatic heterocycles. The van der Waals surface area contributed by atoms with Crippen molar-refractivity contribution in [3.8, 4) is 0 Å². The zero-order valence-electron chi connectivity index (χ0n) is 24.1. The number of nitrogens with zero attached hydrogens (tertiary/aromatic N) is 3. The number of amides is 1. The number of sulfone groups is 1. The predicted octanol–water partition coefficient (Wildman–Crippen LogP) is 5.93. The normalized spacial score (nSPS) is 18.6. The number of fused-ring (bicyclic) bond motifs is 1. The van der Waals surface area contributed by atoms with Crippen LogP contribution in [-0.4, -0.2) is 59.3 Å². The molecule has 5 rings (SSSR count). The molecule has 1 atom stereocenters. The topological polar surface area (TPSA) is 108 Å². The van der Waals surface area contributed by atoms with E-state index in [2.05, 4.69) is 62.7 Å². The van der Waals surface area contributed by atoms with Crippen LogP contribution in [0.4, 0.5) is 5.69 Å². The summed E-state index contributed by atoms with van der Waals surface area (Å²) in [5, 5.41) is 10.4. The Kier molecular flexibility index (Phi) is 8.85. The molecule has 1 aromatic carbocycles. The Balaban J connectivity index is 1.36. The number of hydrogen-bond acceptors (Lipinski definition) is 6. The highest BCUT2D eigenvalue weighted by molar-refractivity contribution is 7.91. The van der Waals surface area contributed by atoms with Gasteiger partial charge < -0.3 is 5.32 Å². The van der Waals surface area contributed by atoms with Crippen LogP contribution in [-0.2, 0) is 15.6 Å². The summed E-state index contributed by atoms with van der Waals surface area (Å²) in [4.78, 5) is 20.0. The quantitative estimate of drug-likeness (QED) is 0.346. The molecule has 9 heteroatoms. The van der Waals surface area contributed by atoms with Crippen molar-refractivity contribution in [3.05, 3.63) is 83.4 Å². The van der Waals surface area contributed by atoms with E-state index in [4.69, 9.17) is 0 Å². The second-order valence-electron chi connectivity index (χ2n) is 11.5. The number of piperidine rings is 1. The van der Waals surface area contributed by atoms with Crippen LogP contribution in [0.5, 0.6) is 0 Å². The monoisotopic (exact) mass is 573 g/mol. The fraction of sp³-hybridized carbons (Fsp3) is 0.406. The van der Waals surface area contributed by atoms with Crippen LogP contribution in [0, 0.1) is 5.92 Å². The molecule has 2 aliphatic rings. The third kappa shape index (κ3) is 7.21. The van der Waals surface area contributed by atoms with Gasteiger partial charge in [0.15, 0.2) is 15.5 Å². The molecule has 2 aromatic heterocycles. The van der Waals surface area contributed by atoms with Crippen LogP contribution in [0.3, 0.4) is 0 Å².